The SMILES string of the molecule is CCCCCC(O)CC[C@H]1C(O)C(O)C[C@@H]1CCCCCCC(=O)O. The third-order valence-corrected chi connectivity index (χ3v) is 5.67. The van der Waals surface area contributed by atoms with E-state index in [0.717, 1.165) is 64.2 Å². The summed E-state index contributed by atoms with van der Waals surface area (Å²) in [5.41, 5.74) is 0. The topological polar surface area (TPSA) is 98.0 Å². The molecule has 5 atom stereocenters. The molecule has 25 heavy (non-hydrogen) atoms. The van der Waals surface area contributed by atoms with Crippen LogP contribution in [0.25, 0.3) is 0 Å². The highest BCUT2D eigenvalue weighted by molar-refractivity contribution is 5.66. The largest absolute Gasteiger partial charge is 0.481 e. The van der Waals surface area contributed by atoms with E-state index < -0.39 is 18.2 Å². The summed E-state index contributed by atoms with van der Waals surface area (Å²) in [6.45, 7) is 2.15. The Hall–Kier alpha value is -0.650. The van der Waals surface area contributed by atoms with Crippen LogP contribution < -0.4 is 0 Å². The summed E-state index contributed by atoms with van der Waals surface area (Å²) >= 11 is 0. The van der Waals surface area contributed by atoms with Gasteiger partial charge < -0.3 is 20.4 Å². The molecule has 0 bridgehead atoms. The van der Waals surface area contributed by atoms with Gasteiger partial charge in [-0.2, -0.15) is 0 Å². The molecule has 1 aliphatic rings. The van der Waals surface area contributed by atoms with Crippen molar-refractivity contribution >= 4 is 5.97 Å². The number of aliphatic carboxylic acids is 1. The summed E-state index contributed by atoms with van der Waals surface area (Å²) in [6, 6.07) is 0. The van der Waals surface area contributed by atoms with E-state index in [1.54, 1.807) is 0 Å². The lowest BCUT2D eigenvalue weighted by atomic mass is 9.85. The van der Waals surface area contributed by atoms with Crippen LogP contribution in [-0.2, 0) is 4.79 Å². The van der Waals surface area contributed by atoms with Gasteiger partial charge in [-0.1, -0.05) is 45.4 Å². The molecule has 0 amide bonds. The molecule has 0 saturated heterocycles. The number of hydrogen-bond donors (Lipinski definition) is 4. The first kappa shape index (κ1) is 22.4. The zero-order chi connectivity index (χ0) is 18.7. The quantitative estimate of drug-likeness (QED) is 0.356. The summed E-state index contributed by atoms with van der Waals surface area (Å²) in [4.78, 5) is 10.5. The molecule has 1 aliphatic carbocycles. The Labute approximate surface area is 152 Å². The minimum atomic E-state index is -0.736. The number of carbonyl (C=O) groups is 1. The molecule has 5 heteroatoms. The molecular weight excluding hydrogens is 320 g/mol. The Balaban J connectivity index is 2.27. The van der Waals surface area contributed by atoms with Gasteiger partial charge in [-0.3, -0.25) is 4.79 Å². The predicted molar refractivity (Wildman–Crippen MR) is 98.3 cm³/mol. The Kier molecular flexibility index (Phi) is 11.3. The molecule has 1 fully saturated rings. The zero-order valence-corrected chi connectivity index (χ0v) is 15.8. The van der Waals surface area contributed by atoms with Crippen LogP contribution in [-0.4, -0.2) is 44.7 Å². The number of aliphatic hydroxyl groups excluding tert-OH is 3. The number of carboxylic acids is 1. The molecule has 0 radical (unpaired) electrons. The van der Waals surface area contributed by atoms with Crippen LogP contribution in [0.4, 0.5) is 0 Å². The van der Waals surface area contributed by atoms with Gasteiger partial charge in [0, 0.05) is 6.42 Å². The van der Waals surface area contributed by atoms with Gasteiger partial charge in [0.1, 0.15) is 0 Å². The average Bonchev–Trinajstić information content (AvgIpc) is 2.83. The number of unbranched alkanes of at least 4 members (excludes halogenated alkanes) is 5. The van der Waals surface area contributed by atoms with Gasteiger partial charge in [0.2, 0.25) is 0 Å². The number of hydrogen-bond acceptors (Lipinski definition) is 4. The van der Waals surface area contributed by atoms with Gasteiger partial charge in [-0.15, -0.1) is 0 Å². The van der Waals surface area contributed by atoms with E-state index in [0.29, 0.717) is 18.8 Å². The lowest BCUT2D eigenvalue weighted by Crippen LogP contribution is -2.27. The van der Waals surface area contributed by atoms with Crippen molar-refractivity contribution in [3.8, 4) is 0 Å². The summed E-state index contributed by atoms with van der Waals surface area (Å²) in [6.07, 6.45) is 9.55. The summed E-state index contributed by atoms with van der Waals surface area (Å²) in [5.74, 6) is -0.346. The Morgan fingerprint density at radius 2 is 1.72 bits per heavy atom. The van der Waals surface area contributed by atoms with Crippen molar-refractivity contribution in [2.75, 3.05) is 0 Å². The van der Waals surface area contributed by atoms with Crippen molar-refractivity contribution < 1.29 is 25.2 Å². The minimum Gasteiger partial charge on any atom is -0.481 e. The maximum absolute atomic E-state index is 10.5. The van der Waals surface area contributed by atoms with Crippen LogP contribution >= 0.6 is 0 Å². The Morgan fingerprint density at radius 1 is 1.00 bits per heavy atom. The highest BCUT2D eigenvalue weighted by atomic mass is 16.4. The van der Waals surface area contributed by atoms with E-state index >= 15 is 0 Å². The van der Waals surface area contributed by atoms with Crippen molar-refractivity contribution in [2.45, 2.75) is 109 Å². The van der Waals surface area contributed by atoms with Crippen molar-refractivity contribution in [1.29, 1.82) is 0 Å². The second-order valence-corrected chi connectivity index (χ2v) is 7.79. The number of aliphatic hydroxyl groups is 3. The van der Waals surface area contributed by atoms with E-state index in [1.807, 2.05) is 0 Å². The maximum Gasteiger partial charge on any atom is 0.303 e. The number of carboxylic acid groups (broad SMARTS) is 1. The van der Waals surface area contributed by atoms with Crippen LogP contribution in [0.15, 0.2) is 0 Å². The van der Waals surface area contributed by atoms with Crippen LogP contribution in [0.3, 0.4) is 0 Å². The molecule has 4 N–H and O–H groups in total. The molecule has 148 valence electrons. The molecular formula is C20H38O5. The Morgan fingerprint density at radius 3 is 2.40 bits per heavy atom. The maximum atomic E-state index is 10.5. The molecule has 5 nitrogen and oxygen atoms in total. The molecule has 0 aromatic rings. The summed E-state index contributed by atoms with van der Waals surface area (Å²) < 4.78 is 0. The van der Waals surface area contributed by atoms with Crippen LogP contribution in [0.2, 0.25) is 0 Å². The predicted octanol–water partition coefficient (Wildman–Crippen LogP) is 3.49. The van der Waals surface area contributed by atoms with Gasteiger partial charge >= 0.3 is 5.97 Å². The van der Waals surface area contributed by atoms with Crippen molar-refractivity contribution in [1.82, 2.24) is 0 Å². The van der Waals surface area contributed by atoms with E-state index in [1.165, 1.54) is 0 Å². The van der Waals surface area contributed by atoms with Crippen molar-refractivity contribution in [3.05, 3.63) is 0 Å². The van der Waals surface area contributed by atoms with E-state index in [-0.39, 0.29) is 18.4 Å². The third kappa shape index (κ3) is 9.02. The standard InChI is InChI=1S/C20H38O5/c1-2-3-6-10-16(21)12-13-17-15(14-18(22)20(17)25)9-7-4-5-8-11-19(23)24/h15-18,20-22,25H,2-14H2,1H3,(H,23,24)/t15-,16?,17+,18?,20?/m0/s1. The third-order valence-electron chi connectivity index (χ3n) is 5.67. The lowest BCUT2D eigenvalue weighted by molar-refractivity contribution is -0.137. The van der Waals surface area contributed by atoms with E-state index in [9.17, 15) is 20.1 Å². The second kappa shape index (κ2) is 12.7. The monoisotopic (exact) mass is 358 g/mol. The van der Waals surface area contributed by atoms with Gasteiger partial charge in [-0.05, 0) is 50.4 Å². The molecule has 0 aromatic carbocycles. The van der Waals surface area contributed by atoms with Crippen LogP contribution in [0.5, 0.6) is 0 Å². The molecule has 0 aliphatic heterocycles. The van der Waals surface area contributed by atoms with Crippen molar-refractivity contribution in [3.63, 3.8) is 0 Å². The molecule has 1 saturated carbocycles. The summed E-state index contributed by atoms with van der Waals surface area (Å²) in [7, 11) is 0. The molecule has 0 heterocycles. The van der Waals surface area contributed by atoms with E-state index in [2.05, 4.69) is 6.92 Å². The van der Waals surface area contributed by atoms with Crippen LogP contribution in [0.1, 0.15) is 90.4 Å². The van der Waals surface area contributed by atoms with E-state index in [4.69, 9.17) is 5.11 Å². The smallest absolute Gasteiger partial charge is 0.303 e. The number of rotatable bonds is 14. The molecule has 0 aromatic heterocycles. The Bertz CT molecular complexity index is 360. The van der Waals surface area contributed by atoms with Crippen LogP contribution in [0, 0.1) is 11.8 Å². The first-order valence-corrected chi connectivity index (χ1v) is 10.2. The minimum absolute atomic E-state index is 0.0786. The fraction of sp³-hybridized carbons (Fsp3) is 0.950. The highest BCUT2D eigenvalue weighted by Crippen LogP contribution is 2.39. The second-order valence-electron chi connectivity index (χ2n) is 7.79. The average molecular weight is 359 g/mol. The normalized spacial score (nSPS) is 27.5. The summed E-state index contributed by atoms with van der Waals surface area (Å²) in [5, 5.41) is 39.0. The first-order chi connectivity index (χ1) is 12.0. The lowest BCUT2D eigenvalue weighted by Gasteiger charge is -2.23. The van der Waals surface area contributed by atoms with Gasteiger partial charge in [0.15, 0.2) is 0 Å². The van der Waals surface area contributed by atoms with Gasteiger partial charge in [0.05, 0.1) is 18.3 Å². The molecule has 0 spiro atoms. The van der Waals surface area contributed by atoms with Gasteiger partial charge in [-0.25, -0.2) is 0 Å². The van der Waals surface area contributed by atoms with Crippen molar-refractivity contribution in [2.24, 2.45) is 11.8 Å². The molecule has 3 unspecified atom stereocenters. The zero-order valence-electron chi connectivity index (χ0n) is 15.8. The fourth-order valence-corrected chi connectivity index (χ4v) is 4.12. The highest BCUT2D eigenvalue weighted by Gasteiger charge is 2.40. The molecule has 1 rings (SSSR count). The fourth-order valence-electron chi connectivity index (χ4n) is 4.12. The van der Waals surface area contributed by atoms with Gasteiger partial charge in [0.25, 0.3) is 0 Å². The first-order valence-electron chi connectivity index (χ1n) is 10.2.